The third kappa shape index (κ3) is 3.42. The molecule has 0 spiro atoms. The molecule has 1 heterocycles. The lowest BCUT2D eigenvalue weighted by atomic mass is 9.66. The number of hydrogen-bond donors (Lipinski definition) is 0. The van der Waals surface area contributed by atoms with Gasteiger partial charge in [0.05, 0.1) is 12.0 Å². The normalized spacial score (nSPS) is 22.4. The van der Waals surface area contributed by atoms with Gasteiger partial charge in [0.2, 0.25) is 5.91 Å². The molecule has 1 amide bonds. The Morgan fingerprint density at radius 3 is 2.09 bits per heavy atom. The van der Waals surface area contributed by atoms with E-state index in [1.54, 1.807) is 29.2 Å². The van der Waals surface area contributed by atoms with E-state index in [0.717, 1.165) is 22.4 Å². The zero-order chi connectivity index (χ0) is 22.3. The molecule has 0 unspecified atom stereocenters. The summed E-state index contributed by atoms with van der Waals surface area (Å²) in [5, 5.41) is 0. The maximum atomic E-state index is 14.2. The maximum Gasteiger partial charge on any atom is 0.238 e. The Balaban J connectivity index is 1.61. The van der Waals surface area contributed by atoms with Gasteiger partial charge in [-0.1, -0.05) is 42.5 Å². The smallest absolute Gasteiger partial charge is 0.238 e. The van der Waals surface area contributed by atoms with Gasteiger partial charge >= 0.3 is 0 Å². The van der Waals surface area contributed by atoms with Crippen LogP contribution in [0.4, 0.5) is 14.5 Å². The topological polar surface area (TPSA) is 37.4 Å². The summed E-state index contributed by atoms with van der Waals surface area (Å²) in [4.78, 5) is 28.2. The minimum atomic E-state index is -0.888. The van der Waals surface area contributed by atoms with Crippen molar-refractivity contribution in [1.29, 1.82) is 0 Å². The van der Waals surface area contributed by atoms with Crippen molar-refractivity contribution in [3.63, 3.8) is 0 Å². The minimum Gasteiger partial charge on any atom is -0.307 e. The van der Waals surface area contributed by atoms with Crippen molar-refractivity contribution in [2.75, 3.05) is 4.90 Å². The highest BCUT2D eigenvalue weighted by atomic mass is 19.1. The van der Waals surface area contributed by atoms with Gasteiger partial charge in [0.25, 0.3) is 0 Å². The SMILES string of the molecule is O=C1CC[C@H]([C@]2(Cc3ccc(F)cc3)C(=O)N(Cc3ccc(F)cc3)c3ccccc32)C1. The number of para-hydroxylation sites is 1. The fraction of sp³-hybridized carbons (Fsp3) is 0.259. The van der Waals surface area contributed by atoms with Crippen LogP contribution in [0.2, 0.25) is 0 Å². The lowest BCUT2D eigenvalue weighted by molar-refractivity contribution is -0.125. The molecule has 2 atom stereocenters. The average molecular weight is 431 g/mol. The van der Waals surface area contributed by atoms with Crippen molar-refractivity contribution in [2.24, 2.45) is 5.92 Å². The van der Waals surface area contributed by atoms with Crippen LogP contribution in [0.25, 0.3) is 0 Å². The number of Topliss-reactive ketones (excluding diaryl/α,β-unsaturated/α-hetero) is 1. The molecule has 1 saturated carbocycles. The number of halogens is 2. The van der Waals surface area contributed by atoms with Gasteiger partial charge in [-0.15, -0.1) is 0 Å². The van der Waals surface area contributed by atoms with Crippen molar-refractivity contribution < 1.29 is 18.4 Å². The number of fused-ring (bicyclic) bond motifs is 1. The van der Waals surface area contributed by atoms with E-state index in [9.17, 15) is 18.4 Å². The van der Waals surface area contributed by atoms with Gasteiger partial charge in [0.1, 0.15) is 17.4 Å². The molecule has 3 aromatic carbocycles. The largest absolute Gasteiger partial charge is 0.307 e. The molecule has 2 aliphatic rings. The first-order valence-electron chi connectivity index (χ1n) is 10.9. The molecule has 0 bridgehead atoms. The van der Waals surface area contributed by atoms with Crippen molar-refractivity contribution in [1.82, 2.24) is 0 Å². The van der Waals surface area contributed by atoms with E-state index in [2.05, 4.69) is 0 Å². The van der Waals surface area contributed by atoms with Crippen LogP contribution in [0.5, 0.6) is 0 Å². The summed E-state index contributed by atoms with van der Waals surface area (Å²) >= 11 is 0. The molecule has 5 rings (SSSR count). The number of anilines is 1. The molecular weight excluding hydrogens is 408 g/mol. The summed E-state index contributed by atoms with van der Waals surface area (Å²) in [7, 11) is 0. The van der Waals surface area contributed by atoms with Crippen LogP contribution < -0.4 is 4.90 Å². The van der Waals surface area contributed by atoms with Crippen LogP contribution in [0.1, 0.15) is 36.0 Å². The predicted molar refractivity (Wildman–Crippen MR) is 118 cm³/mol. The Labute approximate surface area is 185 Å². The van der Waals surface area contributed by atoms with Crippen LogP contribution in [-0.4, -0.2) is 11.7 Å². The van der Waals surface area contributed by atoms with Gasteiger partial charge in [-0.25, -0.2) is 8.78 Å². The predicted octanol–water partition coefficient (Wildman–Crippen LogP) is 5.36. The van der Waals surface area contributed by atoms with Crippen LogP contribution in [0.15, 0.2) is 72.8 Å². The molecule has 0 radical (unpaired) electrons. The highest BCUT2D eigenvalue weighted by Crippen LogP contribution is 2.52. The molecule has 5 heteroatoms. The van der Waals surface area contributed by atoms with E-state index >= 15 is 0 Å². The third-order valence-corrected chi connectivity index (χ3v) is 6.90. The van der Waals surface area contributed by atoms with Gasteiger partial charge in [-0.2, -0.15) is 0 Å². The molecule has 3 nitrogen and oxygen atoms in total. The van der Waals surface area contributed by atoms with E-state index in [1.807, 2.05) is 24.3 Å². The molecule has 1 aliphatic carbocycles. The highest BCUT2D eigenvalue weighted by Gasteiger charge is 2.56. The van der Waals surface area contributed by atoms with Gasteiger partial charge in [0.15, 0.2) is 0 Å². The van der Waals surface area contributed by atoms with E-state index < -0.39 is 5.41 Å². The second-order valence-electron chi connectivity index (χ2n) is 8.79. The fourth-order valence-electron chi connectivity index (χ4n) is 5.35. The van der Waals surface area contributed by atoms with Crippen LogP contribution in [0.3, 0.4) is 0 Å². The monoisotopic (exact) mass is 431 g/mol. The number of amides is 1. The molecule has 1 fully saturated rings. The quantitative estimate of drug-likeness (QED) is 0.545. The first-order valence-corrected chi connectivity index (χ1v) is 10.9. The molecule has 162 valence electrons. The Bertz CT molecular complexity index is 1170. The second-order valence-corrected chi connectivity index (χ2v) is 8.79. The highest BCUT2D eigenvalue weighted by molar-refractivity contribution is 6.09. The molecule has 0 saturated heterocycles. The molecular formula is C27H23F2NO2. The summed E-state index contributed by atoms with van der Waals surface area (Å²) in [6.07, 6.45) is 1.90. The van der Waals surface area contributed by atoms with Crippen molar-refractivity contribution >= 4 is 17.4 Å². The lowest BCUT2D eigenvalue weighted by Gasteiger charge is -2.34. The summed E-state index contributed by atoms with van der Waals surface area (Å²) in [6, 6.07) is 20.1. The lowest BCUT2D eigenvalue weighted by Crippen LogP contribution is -2.46. The number of nitrogens with zero attached hydrogens (tertiary/aromatic N) is 1. The fourth-order valence-corrected chi connectivity index (χ4v) is 5.35. The van der Waals surface area contributed by atoms with Gasteiger partial charge in [-0.3, -0.25) is 9.59 Å². The number of hydrogen-bond acceptors (Lipinski definition) is 2. The number of carbonyl (C=O) groups is 2. The maximum absolute atomic E-state index is 14.2. The second kappa shape index (κ2) is 7.97. The van der Waals surface area contributed by atoms with E-state index in [-0.39, 0.29) is 29.2 Å². The zero-order valence-electron chi connectivity index (χ0n) is 17.6. The van der Waals surface area contributed by atoms with Crippen molar-refractivity contribution in [3.8, 4) is 0 Å². The van der Waals surface area contributed by atoms with E-state index in [1.165, 1.54) is 24.3 Å². The first kappa shape index (κ1) is 20.6. The summed E-state index contributed by atoms with van der Waals surface area (Å²) in [5.74, 6) is -0.637. The standard InChI is InChI=1S/C27H23F2NO2/c28-21-10-5-18(6-11-21)16-27(20-9-14-23(31)15-20)24-3-1-2-4-25(24)30(26(27)32)17-19-7-12-22(29)13-8-19/h1-8,10-13,20H,9,14-17H2/t20-,27-/m0/s1. The Kier molecular flexibility index (Phi) is 5.12. The molecule has 0 N–H and O–H groups in total. The van der Waals surface area contributed by atoms with Gasteiger partial charge in [0, 0.05) is 18.5 Å². The molecule has 3 aromatic rings. The van der Waals surface area contributed by atoms with Crippen LogP contribution in [-0.2, 0) is 28.0 Å². The van der Waals surface area contributed by atoms with Gasteiger partial charge < -0.3 is 4.90 Å². The summed E-state index contributed by atoms with van der Waals surface area (Å²) in [5.41, 5.74) is 2.53. The van der Waals surface area contributed by atoms with E-state index in [4.69, 9.17) is 0 Å². The average Bonchev–Trinajstić information content (AvgIpc) is 3.33. The zero-order valence-corrected chi connectivity index (χ0v) is 17.6. The number of rotatable bonds is 5. The summed E-state index contributed by atoms with van der Waals surface area (Å²) < 4.78 is 27.0. The van der Waals surface area contributed by atoms with E-state index in [0.29, 0.717) is 32.2 Å². The molecule has 1 aliphatic heterocycles. The molecule has 32 heavy (non-hydrogen) atoms. The summed E-state index contributed by atoms with van der Waals surface area (Å²) in [6.45, 7) is 0.321. The van der Waals surface area contributed by atoms with Gasteiger partial charge in [-0.05, 0) is 65.8 Å². The Morgan fingerprint density at radius 2 is 1.47 bits per heavy atom. The van der Waals surface area contributed by atoms with Crippen LogP contribution in [0, 0.1) is 17.6 Å². The Morgan fingerprint density at radius 1 is 0.844 bits per heavy atom. The number of ketones is 1. The number of benzene rings is 3. The first-order chi connectivity index (χ1) is 15.5. The Hall–Kier alpha value is -3.34. The minimum absolute atomic E-state index is 0.0490. The van der Waals surface area contributed by atoms with Crippen molar-refractivity contribution in [2.45, 2.75) is 37.6 Å². The molecule has 0 aromatic heterocycles. The van der Waals surface area contributed by atoms with Crippen LogP contribution >= 0.6 is 0 Å². The number of carbonyl (C=O) groups excluding carboxylic acids is 2. The van der Waals surface area contributed by atoms with Crippen molar-refractivity contribution in [3.05, 3.63) is 101 Å². The third-order valence-electron chi connectivity index (χ3n) is 6.90.